The molecule has 0 heterocycles. The summed E-state index contributed by atoms with van der Waals surface area (Å²) >= 11 is 0. The van der Waals surface area contributed by atoms with Crippen molar-refractivity contribution in [2.45, 2.75) is 26.7 Å². The highest BCUT2D eigenvalue weighted by Crippen LogP contribution is 2.26. The first-order valence-electron chi connectivity index (χ1n) is 6.14. The van der Waals surface area contributed by atoms with E-state index in [-0.39, 0.29) is 17.9 Å². The molecule has 0 aromatic carbocycles. The Morgan fingerprint density at radius 2 is 1.83 bits per heavy atom. The molecule has 5 heteroatoms. The van der Waals surface area contributed by atoms with Crippen molar-refractivity contribution in [2.24, 2.45) is 17.3 Å². The van der Waals surface area contributed by atoms with Crippen LogP contribution in [0.4, 0.5) is 0 Å². The zero-order chi connectivity index (χ0) is 13.8. The molecule has 0 saturated heterocycles. The first-order chi connectivity index (χ1) is 8.37. The first kappa shape index (κ1) is 14.7. The van der Waals surface area contributed by atoms with Crippen molar-refractivity contribution in [2.75, 3.05) is 13.2 Å². The van der Waals surface area contributed by atoms with E-state index in [0.717, 1.165) is 0 Å². The highest BCUT2D eigenvalue weighted by atomic mass is 16.4. The Bertz CT molecular complexity index is 349. The fraction of sp³-hybridized carbons (Fsp3) is 0.692. The molecule has 3 N–H and O–H groups in total. The second-order valence-corrected chi connectivity index (χ2v) is 5.53. The van der Waals surface area contributed by atoms with Gasteiger partial charge in [-0.1, -0.05) is 26.0 Å². The lowest BCUT2D eigenvalue weighted by Crippen LogP contribution is -2.43. The van der Waals surface area contributed by atoms with E-state index in [0.29, 0.717) is 19.4 Å². The van der Waals surface area contributed by atoms with Gasteiger partial charge in [0.2, 0.25) is 5.91 Å². The number of carboxylic acids is 1. The van der Waals surface area contributed by atoms with Gasteiger partial charge in [0.05, 0.1) is 11.8 Å². The molecule has 0 aromatic rings. The van der Waals surface area contributed by atoms with E-state index in [1.165, 1.54) is 0 Å². The lowest BCUT2D eigenvalue weighted by Gasteiger charge is -2.27. The zero-order valence-corrected chi connectivity index (χ0v) is 10.8. The minimum Gasteiger partial charge on any atom is -0.481 e. The van der Waals surface area contributed by atoms with Gasteiger partial charge in [-0.3, -0.25) is 9.59 Å². The normalized spacial score (nSPS) is 23.7. The topological polar surface area (TPSA) is 86.6 Å². The summed E-state index contributed by atoms with van der Waals surface area (Å²) < 4.78 is 0. The minimum absolute atomic E-state index is 0.0276. The van der Waals surface area contributed by atoms with Crippen LogP contribution in [0.25, 0.3) is 0 Å². The Morgan fingerprint density at radius 3 is 2.33 bits per heavy atom. The van der Waals surface area contributed by atoms with Crippen LogP contribution in [-0.4, -0.2) is 35.2 Å². The summed E-state index contributed by atoms with van der Waals surface area (Å²) in [6, 6.07) is 0. The molecular weight excluding hydrogens is 234 g/mol. The molecule has 102 valence electrons. The van der Waals surface area contributed by atoms with Crippen LogP contribution in [0.2, 0.25) is 0 Å². The Kier molecular flexibility index (Phi) is 4.90. The summed E-state index contributed by atoms with van der Waals surface area (Å²) in [5.74, 6) is -2.33. The Morgan fingerprint density at radius 1 is 1.28 bits per heavy atom. The molecule has 0 bridgehead atoms. The number of carbonyl (C=O) groups is 2. The molecule has 2 atom stereocenters. The maximum Gasteiger partial charge on any atom is 0.307 e. The SMILES string of the molecule is CC(C)(CO)CNC(=O)C1CC=CCC1C(=O)O. The van der Waals surface area contributed by atoms with E-state index in [1.807, 2.05) is 19.9 Å². The maximum atomic E-state index is 12.0. The van der Waals surface area contributed by atoms with Crippen LogP contribution in [0.5, 0.6) is 0 Å². The highest BCUT2D eigenvalue weighted by molar-refractivity contribution is 5.85. The quantitative estimate of drug-likeness (QED) is 0.634. The van der Waals surface area contributed by atoms with E-state index in [2.05, 4.69) is 5.32 Å². The first-order valence-corrected chi connectivity index (χ1v) is 6.14. The minimum atomic E-state index is -0.930. The van der Waals surface area contributed by atoms with E-state index in [1.54, 1.807) is 6.08 Å². The molecule has 0 saturated carbocycles. The third kappa shape index (κ3) is 3.84. The van der Waals surface area contributed by atoms with Gasteiger partial charge in [-0.15, -0.1) is 0 Å². The van der Waals surface area contributed by atoms with Gasteiger partial charge >= 0.3 is 5.97 Å². The summed E-state index contributed by atoms with van der Waals surface area (Å²) in [6.45, 7) is 3.99. The number of rotatable bonds is 5. The summed E-state index contributed by atoms with van der Waals surface area (Å²) in [7, 11) is 0. The van der Waals surface area contributed by atoms with Crippen LogP contribution in [0.3, 0.4) is 0 Å². The largest absolute Gasteiger partial charge is 0.481 e. The van der Waals surface area contributed by atoms with Gasteiger partial charge in [0.1, 0.15) is 0 Å². The van der Waals surface area contributed by atoms with Crippen LogP contribution >= 0.6 is 0 Å². The number of carbonyl (C=O) groups excluding carboxylic acids is 1. The maximum absolute atomic E-state index is 12.0. The molecule has 0 radical (unpaired) electrons. The Labute approximate surface area is 107 Å². The van der Waals surface area contributed by atoms with Crippen LogP contribution in [0, 0.1) is 17.3 Å². The Balaban J connectivity index is 2.60. The second kappa shape index (κ2) is 6.00. The average Bonchev–Trinajstić information content (AvgIpc) is 2.36. The molecule has 1 amide bonds. The molecule has 1 aliphatic rings. The van der Waals surface area contributed by atoms with Crippen molar-refractivity contribution in [3.8, 4) is 0 Å². The summed E-state index contributed by atoms with van der Waals surface area (Å²) in [5.41, 5.74) is -0.390. The van der Waals surface area contributed by atoms with Crippen molar-refractivity contribution in [1.82, 2.24) is 5.32 Å². The number of aliphatic hydroxyl groups is 1. The van der Waals surface area contributed by atoms with Crippen LogP contribution in [0.15, 0.2) is 12.2 Å². The van der Waals surface area contributed by atoms with Crippen LogP contribution < -0.4 is 5.32 Å². The lowest BCUT2D eigenvalue weighted by molar-refractivity contribution is -0.147. The fourth-order valence-corrected chi connectivity index (χ4v) is 1.89. The van der Waals surface area contributed by atoms with Crippen molar-refractivity contribution in [3.05, 3.63) is 12.2 Å². The second-order valence-electron chi connectivity index (χ2n) is 5.53. The number of aliphatic hydroxyl groups excluding tert-OH is 1. The zero-order valence-electron chi connectivity index (χ0n) is 10.8. The molecule has 0 aromatic heterocycles. The van der Waals surface area contributed by atoms with Crippen LogP contribution in [0.1, 0.15) is 26.7 Å². The lowest BCUT2D eigenvalue weighted by atomic mass is 9.82. The van der Waals surface area contributed by atoms with Gasteiger partial charge in [0.15, 0.2) is 0 Å². The number of allylic oxidation sites excluding steroid dienone is 2. The van der Waals surface area contributed by atoms with Gasteiger partial charge in [-0.2, -0.15) is 0 Å². The number of hydrogen-bond acceptors (Lipinski definition) is 3. The van der Waals surface area contributed by atoms with Gasteiger partial charge in [-0.25, -0.2) is 0 Å². The molecule has 5 nitrogen and oxygen atoms in total. The number of hydrogen-bond donors (Lipinski definition) is 3. The predicted octanol–water partition coefficient (Wildman–Crippen LogP) is 0.788. The molecule has 1 aliphatic carbocycles. The van der Waals surface area contributed by atoms with Gasteiger partial charge in [0, 0.05) is 18.6 Å². The van der Waals surface area contributed by atoms with Gasteiger partial charge < -0.3 is 15.5 Å². The number of amides is 1. The number of carboxylic acid groups (broad SMARTS) is 1. The van der Waals surface area contributed by atoms with Crippen molar-refractivity contribution in [3.63, 3.8) is 0 Å². The molecule has 1 rings (SSSR count). The van der Waals surface area contributed by atoms with Crippen molar-refractivity contribution >= 4 is 11.9 Å². The third-order valence-corrected chi connectivity index (χ3v) is 3.26. The standard InChI is InChI=1S/C13H21NO4/c1-13(2,8-15)7-14-11(16)9-5-3-4-6-10(9)12(17)18/h3-4,9-10,15H,5-8H2,1-2H3,(H,14,16)(H,17,18). The number of aliphatic carboxylic acids is 1. The summed E-state index contributed by atoms with van der Waals surface area (Å²) in [5, 5.41) is 20.9. The van der Waals surface area contributed by atoms with Gasteiger partial charge in [0.25, 0.3) is 0 Å². The predicted molar refractivity (Wildman–Crippen MR) is 66.9 cm³/mol. The van der Waals surface area contributed by atoms with Gasteiger partial charge in [-0.05, 0) is 12.8 Å². The average molecular weight is 255 g/mol. The van der Waals surface area contributed by atoms with E-state index in [4.69, 9.17) is 10.2 Å². The third-order valence-electron chi connectivity index (χ3n) is 3.26. The van der Waals surface area contributed by atoms with E-state index < -0.39 is 17.8 Å². The summed E-state index contributed by atoms with van der Waals surface area (Å²) in [6.07, 6.45) is 4.51. The van der Waals surface area contributed by atoms with Crippen molar-refractivity contribution in [1.29, 1.82) is 0 Å². The smallest absolute Gasteiger partial charge is 0.307 e. The highest BCUT2D eigenvalue weighted by Gasteiger charge is 2.34. The summed E-state index contributed by atoms with van der Waals surface area (Å²) in [4.78, 5) is 23.1. The van der Waals surface area contributed by atoms with E-state index in [9.17, 15) is 9.59 Å². The molecule has 18 heavy (non-hydrogen) atoms. The molecule has 2 unspecified atom stereocenters. The fourth-order valence-electron chi connectivity index (χ4n) is 1.89. The number of nitrogens with one attached hydrogen (secondary N) is 1. The van der Waals surface area contributed by atoms with Crippen LogP contribution in [-0.2, 0) is 9.59 Å². The monoisotopic (exact) mass is 255 g/mol. The Hall–Kier alpha value is -1.36. The molecular formula is C13H21NO4. The molecule has 0 spiro atoms. The van der Waals surface area contributed by atoms with Crippen molar-refractivity contribution < 1.29 is 19.8 Å². The van der Waals surface area contributed by atoms with E-state index >= 15 is 0 Å². The molecule has 0 aliphatic heterocycles. The molecule has 0 fully saturated rings.